The Bertz CT molecular complexity index is 879. The monoisotopic (exact) mass is 384 g/mol. The Hall–Kier alpha value is -2.80. The van der Waals surface area contributed by atoms with E-state index in [-0.39, 0.29) is 11.9 Å². The Labute approximate surface area is 163 Å². The molecule has 7 heteroatoms. The third kappa shape index (κ3) is 2.78. The summed E-state index contributed by atoms with van der Waals surface area (Å²) >= 11 is 5.65. The number of rotatable bonds is 4. The molecule has 0 aromatic heterocycles. The highest BCUT2D eigenvalue weighted by Crippen LogP contribution is 2.38. The second-order valence-electron chi connectivity index (χ2n) is 6.48. The van der Waals surface area contributed by atoms with Crippen molar-refractivity contribution in [3.63, 3.8) is 0 Å². The highest BCUT2D eigenvalue weighted by atomic mass is 32.1. The van der Waals surface area contributed by atoms with Crippen molar-refractivity contribution in [2.75, 3.05) is 26.2 Å². The van der Waals surface area contributed by atoms with Crippen LogP contribution in [0.1, 0.15) is 11.1 Å². The van der Waals surface area contributed by atoms with Crippen LogP contribution in [0.3, 0.4) is 0 Å². The minimum Gasteiger partial charge on any atom is -0.497 e. The van der Waals surface area contributed by atoms with Gasteiger partial charge in [0.1, 0.15) is 11.8 Å². The molecule has 6 nitrogen and oxygen atoms in total. The molecule has 0 spiro atoms. The van der Waals surface area contributed by atoms with Crippen molar-refractivity contribution < 1.29 is 19.0 Å². The molecule has 2 aromatic rings. The third-order valence-electron chi connectivity index (χ3n) is 5.09. The van der Waals surface area contributed by atoms with Crippen LogP contribution >= 0.6 is 12.2 Å². The fourth-order valence-electron chi connectivity index (χ4n) is 3.69. The lowest BCUT2D eigenvalue weighted by atomic mass is 9.94. The smallest absolute Gasteiger partial charge is 0.256 e. The van der Waals surface area contributed by atoms with Crippen molar-refractivity contribution in [3.8, 4) is 17.2 Å². The maximum atomic E-state index is 13.1. The number of carbonyl (C=O) groups excluding carboxylic acids is 1. The van der Waals surface area contributed by atoms with Gasteiger partial charge in [-0.2, -0.15) is 0 Å². The number of nitrogens with zero attached hydrogens (tertiary/aromatic N) is 2. The average molecular weight is 384 g/mol. The van der Waals surface area contributed by atoms with Gasteiger partial charge in [-0.05, 0) is 47.6 Å². The molecule has 0 saturated carbocycles. The van der Waals surface area contributed by atoms with Crippen molar-refractivity contribution in [2.45, 2.75) is 19.0 Å². The quantitative estimate of drug-likeness (QED) is 0.756. The van der Waals surface area contributed by atoms with Crippen LogP contribution in [0.5, 0.6) is 17.2 Å². The van der Waals surface area contributed by atoms with Gasteiger partial charge in [0.05, 0.1) is 27.0 Å². The van der Waals surface area contributed by atoms with Crippen molar-refractivity contribution in [2.24, 2.45) is 0 Å². The number of fused-ring (bicyclic) bond motifs is 2. The number of hydrogen-bond acceptors (Lipinski definition) is 5. The van der Waals surface area contributed by atoms with Crippen LogP contribution < -0.4 is 19.1 Å². The molecule has 2 aliphatic rings. The van der Waals surface area contributed by atoms with E-state index in [0.717, 1.165) is 16.8 Å². The number of thiocarbonyl (C=S) groups is 1. The van der Waals surface area contributed by atoms with Crippen LogP contribution in [0.2, 0.25) is 0 Å². The van der Waals surface area contributed by atoms with E-state index in [0.29, 0.717) is 35.3 Å². The molecule has 1 amide bonds. The molecule has 1 fully saturated rings. The van der Waals surface area contributed by atoms with Gasteiger partial charge < -0.3 is 19.1 Å². The molecule has 2 aliphatic heterocycles. The summed E-state index contributed by atoms with van der Waals surface area (Å²) in [5.74, 6) is 2.01. The van der Waals surface area contributed by atoms with E-state index in [1.807, 2.05) is 41.3 Å². The Balaban J connectivity index is 1.70. The van der Waals surface area contributed by atoms with E-state index >= 15 is 0 Å². The summed E-state index contributed by atoms with van der Waals surface area (Å²) in [5, 5.41) is 0.513. The van der Waals surface area contributed by atoms with Crippen LogP contribution in [0, 0.1) is 0 Å². The molecule has 0 N–H and O–H groups in total. The summed E-state index contributed by atoms with van der Waals surface area (Å²) in [5.41, 5.74) is 2.89. The lowest BCUT2D eigenvalue weighted by Gasteiger charge is -2.31. The van der Waals surface area contributed by atoms with E-state index in [1.54, 1.807) is 26.2 Å². The molecule has 0 bridgehead atoms. The molecular formula is C20H20N2O4S. The maximum Gasteiger partial charge on any atom is 0.256 e. The van der Waals surface area contributed by atoms with Gasteiger partial charge in [-0.25, -0.2) is 0 Å². The highest BCUT2D eigenvalue weighted by molar-refractivity contribution is 7.80. The highest BCUT2D eigenvalue weighted by Gasteiger charge is 2.45. The van der Waals surface area contributed by atoms with Gasteiger partial charge in [0, 0.05) is 19.0 Å². The first-order chi connectivity index (χ1) is 13.1. The summed E-state index contributed by atoms with van der Waals surface area (Å²) in [6, 6.07) is 11.0. The van der Waals surface area contributed by atoms with Crippen molar-refractivity contribution >= 4 is 28.9 Å². The Kier molecular flexibility index (Phi) is 4.39. The molecule has 1 atom stereocenters. The minimum absolute atomic E-state index is 0.0197. The number of ether oxygens (including phenoxy) is 3. The lowest BCUT2D eigenvalue weighted by Crippen LogP contribution is -2.40. The first-order valence-corrected chi connectivity index (χ1v) is 9.00. The third-order valence-corrected chi connectivity index (χ3v) is 5.51. The zero-order valence-electron chi connectivity index (χ0n) is 15.4. The molecule has 2 heterocycles. The number of benzene rings is 2. The fourth-order valence-corrected chi connectivity index (χ4v) is 4.08. The topological polar surface area (TPSA) is 51.2 Å². The average Bonchev–Trinajstić information content (AvgIpc) is 2.95. The van der Waals surface area contributed by atoms with Gasteiger partial charge in [0.25, 0.3) is 5.91 Å². The summed E-state index contributed by atoms with van der Waals surface area (Å²) in [6.07, 6.45) is 0.579. The Morgan fingerprint density at radius 3 is 2.37 bits per heavy atom. The molecule has 27 heavy (non-hydrogen) atoms. The van der Waals surface area contributed by atoms with Gasteiger partial charge in [-0.1, -0.05) is 6.07 Å². The summed E-state index contributed by atoms with van der Waals surface area (Å²) in [4.78, 5) is 16.7. The standard InChI is InChI=1S/C20H20N2O4S/c1-24-15-6-4-5-14(10-15)22-19(23)16-7-12-8-17(25-2)18(26-3)9-13(12)11-21(16)20(22)27/h4-6,8-10,16H,7,11H2,1-3H3/t16-/m0/s1. The zero-order chi connectivity index (χ0) is 19.1. The van der Waals surface area contributed by atoms with Gasteiger partial charge >= 0.3 is 0 Å². The molecule has 0 aliphatic carbocycles. The SMILES string of the molecule is COc1cccc(N2C(=O)[C@@H]3Cc4cc(OC)c(OC)cc4CN3C2=S)c1. The number of anilines is 1. The first kappa shape index (κ1) is 17.6. The number of amides is 1. The number of carbonyl (C=O) groups is 1. The molecule has 4 rings (SSSR count). The molecule has 1 saturated heterocycles. The van der Waals surface area contributed by atoms with Gasteiger partial charge in [0.15, 0.2) is 16.6 Å². The number of methoxy groups -OCH3 is 3. The van der Waals surface area contributed by atoms with Crippen LogP contribution in [-0.4, -0.2) is 43.3 Å². The first-order valence-electron chi connectivity index (χ1n) is 8.59. The minimum atomic E-state index is -0.311. The second kappa shape index (κ2) is 6.74. The van der Waals surface area contributed by atoms with E-state index in [2.05, 4.69) is 0 Å². The van der Waals surface area contributed by atoms with Gasteiger partial charge in [-0.3, -0.25) is 9.69 Å². The van der Waals surface area contributed by atoms with Crippen molar-refractivity contribution in [1.82, 2.24) is 4.90 Å². The van der Waals surface area contributed by atoms with Crippen LogP contribution in [0.25, 0.3) is 0 Å². The Morgan fingerprint density at radius 1 is 1.00 bits per heavy atom. The zero-order valence-corrected chi connectivity index (χ0v) is 16.2. The fraction of sp³-hybridized carbons (Fsp3) is 0.300. The molecule has 0 unspecified atom stereocenters. The van der Waals surface area contributed by atoms with Crippen molar-refractivity contribution in [3.05, 3.63) is 47.5 Å². The predicted octanol–water partition coefficient (Wildman–Crippen LogP) is 2.77. The lowest BCUT2D eigenvalue weighted by molar-refractivity contribution is -0.119. The van der Waals surface area contributed by atoms with E-state index in [9.17, 15) is 4.79 Å². The van der Waals surface area contributed by atoms with Gasteiger partial charge in [-0.15, -0.1) is 0 Å². The van der Waals surface area contributed by atoms with E-state index < -0.39 is 0 Å². The van der Waals surface area contributed by atoms with Crippen LogP contribution in [0.4, 0.5) is 5.69 Å². The van der Waals surface area contributed by atoms with E-state index in [4.69, 9.17) is 26.4 Å². The molecule has 0 radical (unpaired) electrons. The normalized spacial score (nSPS) is 18.3. The summed E-state index contributed by atoms with van der Waals surface area (Å²) in [6.45, 7) is 0.561. The van der Waals surface area contributed by atoms with Crippen LogP contribution in [0.15, 0.2) is 36.4 Å². The summed E-state index contributed by atoms with van der Waals surface area (Å²) < 4.78 is 16.1. The second-order valence-corrected chi connectivity index (χ2v) is 6.85. The largest absolute Gasteiger partial charge is 0.497 e. The Morgan fingerprint density at radius 2 is 1.70 bits per heavy atom. The van der Waals surface area contributed by atoms with E-state index in [1.165, 1.54) is 0 Å². The molecule has 2 aromatic carbocycles. The van der Waals surface area contributed by atoms with Gasteiger partial charge in [0.2, 0.25) is 0 Å². The van der Waals surface area contributed by atoms with Crippen LogP contribution in [-0.2, 0) is 17.8 Å². The molecule has 140 valence electrons. The van der Waals surface area contributed by atoms with Crippen molar-refractivity contribution in [1.29, 1.82) is 0 Å². The maximum absolute atomic E-state index is 13.1. The summed E-state index contributed by atoms with van der Waals surface area (Å²) in [7, 11) is 4.83. The number of hydrogen-bond donors (Lipinski definition) is 0. The predicted molar refractivity (Wildman–Crippen MR) is 106 cm³/mol. The molecular weight excluding hydrogens is 364 g/mol.